The van der Waals surface area contributed by atoms with Crippen LogP contribution < -0.4 is 5.32 Å². The Morgan fingerprint density at radius 2 is 2.10 bits per heavy atom. The number of likely N-dealkylation sites (tertiary alicyclic amines) is 1. The SMILES string of the molecule is CN1CCC(C)(CNC(=O)c2ccc(F)cc2Br)CC1. The van der Waals surface area contributed by atoms with Gasteiger partial charge >= 0.3 is 0 Å². The van der Waals surface area contributed by atoms with Gasteiger partial charge in [-0.2, -0.15) is 0 Å². The third kappa shape index (κ3) is 3.79. The standard InChI is InChI=1S/C15H20BrFN2O/c1-15(5-7-19(2)8-6-15)10-18-14(20)12-4-3-11(17)9-13(12)16/h3-4,9H,5-8,10H2,1-2H3,(H,18,20). The molecule has 0 bridgehead atoms. The molecule has 1 heterocycles. The second-order valence-corrected chi connectivity index (χ2v) is 6.78. The summed E-state index contributed by atoms with van der Waals surface area (Å²) in [5.41, 5.74) is 0.622. The van der Waals surface area contributed by atoms with E-state index < -0.39 is 0 Å². The lowest BCUT2D eigenvalue weighted by molar-refractivity contribution is 0.0891. The third-order valence-electron chi connectivity index (χ3n) is 4.05. The lowest BCUT2D eigenvalue weighted by Crippen LogP contribution is -2.43. The van der Waals surface area contributed by atoms with Crippen LogP contribution >= 0.6 is 15.9 Å². The fourth-order valence-corrected chi connectivity index (χ4v) is 2.93. The summed E-state index contributed by atoms with van der Waals surface area (Å²) in [4.78, 5) is 14.5. The highest BCUT2D eigenvalue weighted by molar-refractivity contribution is 9.10. The van der Waals surface area contributed by atoms with Crippen LogP contribution in [0.15, 0.2) is 22.7 Å². The minimum absolute atomic E-state index is 0.147. The van der Waals surface area contributed by atoms with Gasteiger partial charge in [-0.15, -0.1) is 0 Å². The van der Waals surface area contributed by atoms with Crippen LogP contribution in [0.4, 0.5) is 4.39 Å². The van der Waals surface area contributed by atoms with Crippen molar-refractivity contribution in [3.8, 4) is 0 Å². The van der Waals surface area contributed by atoms with Crippen molar-refractivity contribution in [2.75, 3.05) is 26.7 Å². The highest BCUT2D eigenvalue weighted by Gasteiger charge is 2.29. The molecule has 0 atom stereocenters. The summed E-state index contributed by atoms with van der Waals surface area (Å²) in [7, 11) is 2.12. The van der Waals surface area contributed by atoms with Gasteiger partial charge in [-0.3, -0.25) is 4.79 Å². The number of carbonyl (C=O) groups excluding carboxylic acids is 1. The van der Waals surface area contributed by atoms with E-state index in [1.54, 1.807) is 0 Å². The van der Waals surface area contributed by atoms with Crippen LogP contribution in [-0.2, 0) is 0 Å². The molecule has 1 amide bonds. The molecule has 1 aliphatic rings. The molecule has 1 aromatic rings. The van der Waals surface area contributed by atoms with E-state index in [1.807, 2.05) is 0 Å². The Balaban J connectivity index is 1.95. The maximum Gasteiger partial charge on any atom is 0.252 e. The Morgan fingerprint density at radius 3 is 2.70 bits per heavy atom. The van der Waals surface area contributed by atoms with Crippen LogP contribution in [0, 0.1) is 11.2 Å². The number of nitrogens with one attached hydrogen (secondary N) is 1. The minimum atomic E-state index is -0.351. The maximum absolute atomic E-state index is 13.0. The van der Waals surface area contributed by atoms with Crippen LogP contribution in [-0.4, -0.2) is 37.5 Å². The number of piperidine rings is 1. The smallest absolute Gasteiger partial charge is 0.252 e. The summed E-state index contributed by atoms with van der Waals surface area (Å²) < 4.78 is 13.5. The van der Waals surface area contributed by atoms with Gasteiger partial charge in [0.1, 0.15) is 5.82 Å². The van der Waals surface area contributed by atoms with Gasteiger partial charge in [-0.05, 0) is 72.5 Å². The fraction of sp³-hybridized carbons (Fsp3) is 0.533. The number of benzene rings is 1. The van der Waals surface area contributed by atoms with Gasteiger partial charge in [0.05, 0.1) is 5.56 Å². The summed E-state index contributed by atoms with van der Waals surface area (Å²) in [6.45, 7) is 4.99. The van der Waals surface area contributed by atoms with Crippen molar-refractivity contribution in [3.63, 3.8) is 0 Å². The van der Waals surface area contributed by atoms with Crippen molar-refractivity contribution in [3.05, 3.63) is 34.1 Å². The summed E-state index contributed by atoms with van der Waals surface area (Å²) in [6.07, 6.45) is 2.16. The highest BCUT2D eigenvalue weighted by atomic mass is 79.9. The molecular weight excluding hydrogens is 323 g/mol. The number of hydrogen-bond acceptors (Lipinski definition) is 2. The average molecular weight is 343 g/mol. The summed E-state index contributed by atoms with van der Waals surface area (Å²) >= 11 is 3.23. The van der Waals surface area contributed by atoms with Crippen LogP contribution in [0.25, 0.3) is 0 Å². The molecule has 1 aromatic carbocycles. The monoisotopic (exact) mass is 342 g/mol. The number of nitrogens with zero attached hydrogens (tertiary/aromatic N) is 1. The number of carbonyl (C=O) groups is 1. The molecule has 1 aliphatic heterocycles. The zero-order chi connectivity index (χ0) is 14.8. The number of amides is 1. The van der Waals surface area contributed by atoms with E-state index >= 15 is 0 Å². The Labute approximate surface area is 127 Å². The molecule has 1 fully saturated rings. The molecule has 0 aliphatic carbocycles. The Bertz CT molecular complexity index is 499. The molecule has 0 aromatic heterocycles. The first-order valence-corrected chi connectivity index (χ1v) is 7.61. The first-order chi connectivity index (χ1) is 9.39. The zero-order valence-electron chi connectivity index (χ0n) is 11.9. The van der Waals surface area contributed by atoms with Gasteiger partial charge in [0.15, 0.2) is 0 Å². The summed E-state index contributed by atoms with van der Waals surface area (Å²) in [5.74, 6) is -0.507. The van der Waals surface area contributed by atoms with Gasteiger partial charge in [0, 0.05) is 11.0 Å². The van der Waals surface area contributed by atoms with E-state index in [4.69, 9.17) is 0 Å². The van der Waals surface area contributed by atoms with Crippen molar-refractivity contribution in [2.45, 2.75) is 19.8 Å². The lowest BCUT2D eigenvalue weighted by Gasteiger charge is -2.38. The second kappa shape index (κ2) is 6.22. The van der Waals surface area contributed by atoms with Crippen LogP contribution in [0.5, 0.6) is 0 Å². The van der Waals surface area contributed by atoms with Gasteiger partial charge in [-0.1, -0.05) is 6.92 Å². The average Bonchev–Trinajstić information content (AvgIpc) is 2.40. The Kier molecular flexibility index (Phi) is 4.81. The number of rotatable bonds is 3. The van der Waals surface area contributed by atoms with E-state index in [0.29, 0.717) is 16.6 Å². The van der Waals surface area contributed by atoms with Gasteiger partial charge in [0.25, 0.3) is 5.91 Å². The van der Waals surface area contributed by atoms with Gasteiger partial charge in [0.2, 0.25) is 0 Å². The van der Waals surface area contributed by atoms with Crippen molar-refractivity contribution in [1.29, 1.82) is 0 Å². The maximum atomic E-state index is 13.0. The zero-order valence-corrected chi connectivity index (χ0v) is 13.5. The number of halogens is 2. The Morgan fingerprint density at radius 1 is 1.45 bits per heavy atom. The van der Waals surface area contributed by atoms with Gasteiger partial charge in [-0.25, -0.2) is 4.39 Å². The third-order valence-corrected chi connectivity index (χ3v) is 4.70. The predicted molar refractivity (Wildman–Crippen MR) is 81.3 cm³/mol. The second-order valence-electron chi connectivity index (χ2n) is 5.92. The topological polar surface area (TPSA) is 32.3 Å². The molecule has 5 heteroatoms. The predicted octanol–water partition coefficient (Wildman–Crippen LogP) is 3.05. The normalized spacial score (nSPS) is 18.8. The van der Waals surface area contributed by atoms with Crippen molar-refractivity contribution in [1.82, 2.24) is 10.2 Å². The molecule has 0 spiro atoms. The van der Waals surface area contributed by atoms with Gasteiger partial charge < -0.3 is 10.2 Å². The molecule has 0 saturated carbocycles. The van der Waals surface area contributed by atoms with E-state index in [2.05, 4.69) is 40.1 Å². The molecule has 110 valence electrons. The summed E-state index contributed by atoms with van der Waals surface area (Å²) in [6, 6.07) is 4.12. The van der Waals surface area contributed by atoms with Crippen molar-refractivity contribution in [2.24, 2.45) is 5.41 Å². The van der Waals surface area contributed by atoms with Crippen LogP contribution in [0.2, 0.25) is 0 Å². The molecule has 20 heavy (non-hydrogen) atoms. The molecule has 3 nitrogen and oxygen atoms in total. The highest BCUT2D eigenvalue weighted by Crippen LogP contribution is 2.29. The molecule has 0 radical (unpaired) electrons. The first-order valence-electron chi connectivity index (χ1n) is 6.81. The van der Waals surface area contributed by atoms with E-state index in [-0.39, 0.29) is 17.1 Å². The quantitative estimate of drug-likeness (QED) is 0.915. The Hall–Kier alpha value is -0.940. The van der Waals surface area contributed by atoms with Crippen molar-refractivity contribution < 1.29 is 9.18 Å². The largest absolute Gasteiger partial charge is 0.351 e. The lowest BCUT2D eigenvalue weighted by atomic mass is 9.80. The molecular formula is C15H20BrFN2O. The summed E-state index contributed by atoms with van der Waals surface area (Å²) in [5, 5.41) is 2.97. The molecule has 0 unspecified atom stereocenters. The first kappa shape index (κ1) is 15.4. The van der Waals surface area contributed by atoms with Crippen molar-refractivity contribution >= 4 is 21.8 Å². The number of hydrogen-bond donors (Lipinski definition) is 1. The molecule has 1 N–H and O–H groups in total. The molecule has 1 saturated heterocycles. The van der Waals surface area contributed by atoms with Crippen LogP contribution in [0.3, 0.4) is 0 Å². The van der Waals surface area contributed by atoms with E-state index in [9.17, 15) is 9.18 Å². The fourth-order valence-electron chi connectivity index (χ4n) is 2.40. The van der Waals surface area contributed by atoms with E-state index in [1.165, 1.54) is 18.2 Å². The molecule has 2 rings (SSSR count). The minimum Gasteiger partial charge on any atom is -0.351 e. The van der Waals surface area contributed by atoms with Crippen LogP contribution in [0.1, 0.15) is 30.1 Å². The van der Waals surface area contributed by atoms with E-state index in [0.717, 1.165) is 25.9 Å².